The number of nitrogens with one attached hydrogen (secondary N) is 1. The van der Waals surface area contributed by atoms with Gasteiger partial charge in [-0.3, -0.25) is 0 Å². The van der Waals surface area contributed by atoms with Crippen LogP contribution in [0.5, 0.6) is 11.5 Å². The van der Waals surface area contributed by atoms with Gasteiger partial charge in [-0.2, -0.15) is 4.72 Å². The number of aromatic nitrogens is 2. The van der Waals surface area contributed by atoms with Gasteiger partial charge in [0.2, 0.25) is 10.0 Å². The van der Waals surface area contributed by atoms with Gasteiger partial charge in [0, 0.05) is 19.4 Å². The van der Waals surface area contributed by atoms with Crippen LogP contribution in [0.3, 0.4) is 0 Å². The van der Waals surface area contributed by atoms with Gasteiger partial charge in [-0.05, 0) is 54.8 Å². The Balaban J connectivity index is 2.11. The summed E-state index contributed by atoms with van der Waals surface area (Å²) in [6.07, 6.45) is 3.40. The summed E-state index contributed by atoms with van der Waals surface area (Å²) in [4.78, 5) is 4.45. The summed E-state index contributed by atoms with van der Waals surface area (Å²) in [6, 6.07) is 9.89. The Labute approximate surface area is 171 Å². The zero-order valence-electron chi connectivity index (χ0n) is 17.1. The molecule has 1 aromatic heterocycles. The molecule has 2 aromatic carbocycles. The first-order valence-corrected chi connectivity index (χ1v) is 10.5. The molecule has 3 rings (SSSR count). The van der Waals surface area contributed by atoms with Crippen molar-refractivity contribution >= 4 is 10.0 Å². The first kappa shape index (κ1) is 20.9. The number of benzene rings is 2. The SMILES string of the molecule is COc1cccc([C@@H](NS(=O)(=O)c2cc(C)c(C)cc2OC)c2nccn2C)c1. The molecule has 0 unspecified atom stereocenters. The minimum atomic E-state index is -3.92. The number of hydrogen-bond acceptors (Lipinski definition) is 5. The monoisotopic (exact) mass is 415 g/mol. The lowest BCUT2D eigenvalue weighted by Gasteiger charge is -2.21. The van der Waals surface area contributed by atoms with E-state index >= 15 is 0 Å². The van der Waals surface area contributed by atoms with E-state index in [1.54, 1.807) is 48.3 Å². The third-order valence-corrected chi connectivity index (χ3v) is 6.33. The summed E-state index contributed by atoms with van der Waals surface area (Å²) < 4.78 is 42.0. The maximum atomic E-state index is 13.4. The summed E-state index contributed by atoms with van der Waals surface area (Å²) in [5.74, 6) is 1.49. The average Bonchev–Trinajstić information content (AvgIpc) is 3.13. The topological polar surface area (TPSA) is 82.4 Å². The van der Waals surface area contributed by atoms with E-state index in [1.807, 2.05) is 33.0 Å². The molecule has 0 radical (unpaired) electrons. The zero-order valence-corrected chi connectivity index (χ0v) is 17.9. The van der Waals surface area contributed by atoms with Crippen LogP contribution in [0.2, 0.25) is 0 Å². The molecule has 3 aromatic rings. The van der Waals surface area contributed by atoms with Crippen LogP contribution in [-0.4, -0.2) is 32.2 Å². The van der Waals surface area contributed by atoms with Gasteiger partial charge in [0.25, 0.3) is 0 Å². The first-order chi connectivity index (χ1) is 13.8. The van der Waals surface area contributed by atoms with Crippen molar-refractivity contribution in [3.63, 3.8) is 0 Å². The summed E-state index contributed by atoms with van der Waals surface area (Å²) in [7, 11) is 0.927. The highest BCUT2D eigenvalue weighted by Gasteiger charge is 2.28. The highest BCUT2D eigenvalue weighted by atomic mass is 32.2. The van der Waals surface area contributed by atoms with E-state index in [0.717, 1.165) is 11.1 Å². The molecular weight excluding hydrogens is 390 g/mol. The number of nitrogens with zero attached hydrogens (tertiary/aromatic N) is 2. The molecule has 0 fully saturated rings. The van der Waals surface area contributed by atoms with Crippen LogP contribution >= 0.6 is 0 Å². The van der Waals surface area contributed by atoms with Crippen LogP contribution in [0, 0.1) is 13.8 Å². The average molecular weight is 416 g/mol. The van der Waals surface area contributed by atoms with Crippen molar-refractivity contribution in [2.24, 2.45) is 7.05 Å². The second kappa shape index (κ2) is 8.26. The predicted octanol–water partition coefficient (Wildman–Crippen LogP) is 3.12. The Morgan fingerprint density at radius 2 is 1.79 bits per heavy atom. The number of aryl methyl sites for hydroxylation is 3. The highest BCUT2D eigenvalue weighted by molar-refractivity contribution is 7.89. The van der Waals surface area contributed by atoms with Gasteiger partial charge in [0.1, 0.15) is 28.3 Å². The Morgan fingerprint density at radius 1 is 1.07 bits per heavy atom. The van der Waals surface area contributed by atoms with E-state index in [-0.39, 0.29) is 4.90 Å². The van der Waals surface area contributed by atoms with Crippen molar-refractivity contribution in [2.75, 3.05) is 14.2 Å². The fraction of sp³-hybridized carbons (Fsp3) is 0.286. The lowest BCUT2D eigenvalue weighted by molar-refractivity contribution is 0.401. The molecule has 154 valence electrons. The largest absolute Gasteiger partial charge is 0.497 e. The second-order valence-corrected chi connectivity index (χ2v) is 8.50. The molecular formula is C21H25N3O4S. The number of imidazole rings is 1. The molecule has 0 saturated heterocycles. The van der Waals surface area contributed by atoms with Crippen molar-refractivity contribution in [2.45, 2.75) is 24.8 Å². The van der Waals surface area contributed by atoms with Crippen LogP contribution in [-0.2, 0) is 17.1 Å². The normalized spacial score (nSPS) is 12.6. The van der Waals surface area contributed by atoms with Crippen LogP contribution in [0.4, 0.5) is 0 Å². The maximum Gasteiger partial charge on any atom is 0.245 e. The van der Waals surface area contributed by atoms with E-state index in [0.29, 0.717) is 22.9 Å². The number of hydrogen-bond donors (Lipinski definition) is 1. The molecule has 1 heterocycles. The van der Waals surface area contributed by atoms with Crippen molar-refractivity contribution in [1.29, 1.82) is 0 Å². The second-order valence-electron chi connectivity index (χ2n) is 6.81. The van der Waals surface area contributed by atoms with Gasteiger partial charge in [0.15, 0.2) is 0 Å². The van der Waals surface area contributed by atoms with E-state index in [9.17, 15) is 8.42 Å². The summed E-state index contributed by atoms with van der Waals surface area (Å²) in [5, 5.41) is 0. The minimum absolute atomic E-state index is 0.0882. The maximum absolute atomic E-state index is 13.4. The molecule has 29 heavy (non-hydrogen) atoms. The van der Waals surface area contributed by atoms with E-state index in [2.05, 4.69) is 9.71 Å². The standard InChI is InChI=1S/C21H25N3O4S/c1-14-11-18(28-5)19(12-15(14)2)29(25,26)23-20(21-22-9-10-24(21)3)16-7-6-8-17(13-16)27-4/h6-13,20,23H,1-5H3/t20-/m1/s1. The quantitative estimate of drug-likeness (QED) is 0.641. The summed E-state index contributed by atoms with van der Waals surface area (Å²) in [5.41, 5.74) is 2.53. The fourth-order valence-electron chi connectivity index (χ4n) is 3.10. The summed E-state index contributed by atoms with van der Waals surface area (Å²) in [6.45, 7) is 3.78. The molecule has 1 atom stereocenters. The zero-order chi connectivity index (χ0) is 21.2. The van der Waals surface area contributed by atoms with E-state index in [1.165, 1.54) is 7.11 Å². The van der Waals surface area contributed by atoms with Crippen LogP contribution in [0.1, 0.15) is 28.6 Å². The van der Waals surface area contributed by atoms with Gasteiger partial charge in [-0.15, -0.1) is 0 Å². The molecule has 0 aliphatic rings. The Kier molecular flexibility index (Phi) is 5.95. The molecule has 0 aliphatic heterocycles. The van der Waals surface area contributed by atoms with Crippen molar-refractivity contribution in [3.8, 4) is 11.5 Å². The van der Waals surface area contributed by atoms with Gasteiger partial charge in [-0.1, -0.05) is 12.1 Å². The van der Waals surface area contributed by atoms with Gasteiger partial charge in [0.05, 0.1) is 14.2 Å². The van der Waals surface area contributed by atoms with E-state index < -0.39 is 16.1 Å². The molecule has 1 N–H and O–H groups in total. The number of ether oxygens (including phenoxy) is 2. The van der Waals surface area contributed by atoms with E-state index in [4.69, 9.17) is 9.47 Å². The molecule has 0 spiro atoms. The first-order valence-electron chi connectivity index (χ1n) is 9.05. The van der Waals surface area contributed by atoms with Gasteiger partial charge in [-0.25, -0.2) is 13.4 Å². The van der Waals surface area contributed by atoms with Crippen LogP contribution in [0.15, 0.2) is 53.7 Å². The lowest BCUT2D eigenvalue weighted by Crippen LogP contribution is -2.31. The minimum Gasteiger partial charge on any atom is -0.497 e. The number of sulfonamides is 1. The molecule has 0 bridgehead atoms. The smallest absolute Gasteiger partial charge is 0.245 e. The lowest BCUT2D eigenvalue weighted by atomic mass is 10.1. The Hall–Kier alpha value is -2.84. The Bertz CT molecular complexity index is 1120. The number of methoxy groups -OCH3 is 2. The van der Waals surface area contributed by atoms with Gasteiger partial charge < -0.3 is 14.0 Å². The summed E-state index contributed by atoms with van der Waals surface area (Å²) >= 11 is 0. The Morgan fingerprint density at radius 3 is 2.41 bits per heavy atom. The third-order valence-electron chi connectivity index (χ3n) is 4.89. The van der Waals surface area contributed by atoms with Crippen LogP contribution in [0.25, 0.3) is 0 Å². The van der Waals surface area contributed by atoms with Crippen molar-refractivity contribution in [3.05, 3.63) is 71.3 Å². The number of rotatable bonds is 7. The van der Waals surface area contributed by atoms with Crippen molar-refractivity contribution < 1.29 is 17.9 Å². The molecule has 0 aliphatic carbocycles. The molecule has 7 nitrogen and oxygen atoms in total. The third kappa shape index (κ3) is 4.28. The molecule has 8 heteroatoms. The predicted molar refractivity (Wildman–Crippen MR) is 111 cm³/mol. The van der Waals surface area contributed by atoms with Crippen LogP contribution < -0.4 is 14.2 Å². The van der Waals surface area contributed by atoms with Crippen molar-refractivity contribution in [1.82, 2.24) is 14.3 Å². The van der Waals surface area contributed by atoms with Gasteiger partial charge >= 0.3 is 0 Å². The molecule has 0 saturated carbocycles. The fourth-order valence-corrected chi connectivity index (χ4v) is 4.52. The molecule has 0 amide bonds. The highest BCUT2D eigenvalue weighted by Crippen LogP contribution is 2.31.